The summed E-state index contributed by atoms with van der Waals surface area (Å²) in [4.78, 5) is 20.8. The van der Waals surface area contributed by atoms with Crippen molar-refractivity contribution in [3.63, 3.8) is 0 Å². The lowest BCUT2D eigenvalue weighted by Crippen LogP contribution is -2.35. The second-order valence-electron chi connectivity index (χ2n) is 2.58. The lowest BCUT2D eigenvalue weighted by Gasteiger charge is -2.20. The van der Waals surface area contributed by atoms with E-state index in [1.807, 2.05) is 0 Å². The third-order valence-electron chi connectivity index (χ3n) is 1.32. The van der Waals surface area contributed by atoms with Crippen LogP contribution in [-0.4, -0.2) is 23.9 Å². The Morgan fingerprint density at radius 1 is 0.938 bits per heavy atom. The third-order valence-corrected chi connectivity index (χ3v) is 1.32. The zero-order valence-electron chi connectivity index (χ0n) is 7.49. The molecule has 0 aromatic rings. The molecule has 0 unspecified atom stereocenters. The standard InChI is InChI=1S/C7H4F6O3/c1-2(14)3(4(15)6(8,9)10)5(16)7(11,12)13/h15H,1H3/p-1. The maximum Gasteiger partial charge on any atom is 0.454 e. The molecule has 0 aromatic carbocycles. The van der Waals surface area contributed by atoms with E-state index in [1.54, 1.807) is 0 Å². The van der Waals surface area contributed by atoms with Crippen LogP contribution >= 0.6 is 0 Å². The lowest BCUT2D eigenvalue weighted by molar-refractivity contribution is -0.361. The van der Waals surface area contributed by atoms with Crippen molar-refractivity contribution >= 4 is 11.6 Å². The SMILES string of the molecule is CC(=O)C(C(=O)C(F)(F)F)=C([O-])C(F)(F)F. The molecular formula is C7H3F6O3-. The molecule has 0 heterocycles. The maximum atomic E-state index is 11.8. The van der Waals surface area contributed by atoms with Gasteiger partial charge in [-0.2, -0.15) is 26.3 Å². The third kappa shape index (κ3) is 3.24. The van der Waals surface area contributed by atoms with Crippen molar-refractivity contribution in [2.75, 3.05) is 0 Å². The smallest absolute Gasteiger partial charge is 0.454 e. The number of Topliss-reactive ketones (excluding diaryl/α,β-unsaturated/α-hetero) is 2. The van der Waals surface area contributed by atoms with E-state index in [-0.39, 0.29) is 6.92 Å². The minimum atomic E-state index is -5.71. The number of hydrogen-bond acceptors (Lipinski definition) is 3. The predicted molar refractivity (Wildman–Crippen MR) is 34.8 cm³/mol. The molecule has 0 N–H and O–H groups in total. The van der Waals surface area contributed by atoms with Crippen LogP contribution in [0, 0.1) is 0 Å². The second-order valence-corrected chi connectivity index (χ2v) is 2.58. The summed E-state index contributed by atoms with van der Waals surface area (Å²) in [5.74, 6) is -8.07. The van der Waals surface area contributed by atoms with E-state index in [0.717, 1.165) is 0 Å². The fourth-order valence-electron chi connectivity index (χ4n) is 0.706. The van der Waals surface area contributed by atoms with Gasteiger partial charge in [0.05, 0.1) is 5.57 Å². The Labute approximate surface area is 84.3 Å². The van der Waals surface area contributed by atoms with E-state index in [9.17, 15) is 41.0 Å². The van der Waals surface area contributed by atoms with Gasteiger partial charge in [0.25, 0.3) is 5.78 Å². The molecule has 0 aliphatic carbocycles. The number of hydrogen-bond donors (Lipinski definition) is 0. The summed E-state index contributed by atoms with van der Waals surface area (Å²) in [6.45, 7) is 0.266. The molecule has 0 aliphatic heterocycles. The Morgan fingerprint density at radius 2 is 1.31 bits per heavy atom. The maximum absolute atomic E-state index is 11.8. The molecule has 3 nitrogen and oxygen atoms in total. The molecule has 0 atom stereocenters. The van der Waals surface area contributed by atoms with Gasteiger partial charge < -0.3 is 5.11 Å². The monoisotopic (exact) mass is 249 g/mol. The summed E-state index contributed by atoms with van der Waals surface area (Å²) in [6, 6.07) is 0. The van der Waals surface area contributed by atoms with Crippen molar-refractivity contribution in [2.45, 2.75) is 19.3 Å². The zero-order chi connectivity index (χ0) is 13.3. The highest BCUT2D eigenvalue weighted by atomic mass is 19.4. The Bertz CT molecular complexity index is 348. The van der Waals surface area contributed by atoms with E-state index in [4.69, 9.17) is 0 Å². The van der Waals surface area contributed by atoms with E-state index >= 15 is 0 Å². The molecule has 0 rings (SSSR count). The highest BCUT2D eigenvalue weighted by Crippen LogP contribution is 2.28. The van der Waals surface area contributed by atoms with Gasteiger partial charge in [0.2, 0.25) is 0 Å². The molecule has 9 heteroatoms. The fourth-order valence-corrected chi connectivity index (χ4v) is 0.706. The van der Waals surface area contributed by atoms with Gasteiger partial charge in [0.15, 0.2) is 5.78 Å². The number of allylic oxidation sites excluding steroid dienone is 2. The first-order valence-electron chi connectivity index (χ1n) is 3.50. The van der Waals surface area contributed by atoms with Gasteiger partial charge in [0.1, 0.15) is 0 Å². The minimum absolute atomic E-state index is 0.266. The van der Waals surface area contributed by atoms with Gasteiger partial charge in [-0.05, 0) is 12.7 Å². The summed E-state index contributed by atoms with van der Waals surface area (Å²) < 4.78 is 70.6. The van der Waals surface area contributed by atoms with Crippen molar-refractivity contribution in [3.8, 4) is 0 Å². The Kier molecular flexibility index (Phi) is 3.74. The fraction of sp³-hybridized carbons (Fsp3) is 0.429. The van der Waals surface area contributed by atoms with Gasteiger partial charge in [-0.1, -0.05) is 0 Å². The van der Waals surface area contributed by atoms with Crippen LogP contribution in [0.2, 0.25) is 0 Å². The molecule has 0 saturated carbocycles. The average molecular weight is 249 g/mol. The van der Waals surface area contributed by atoms with Crippen LogP contribution in [0.15, 0.2) is 11.3 Å². The number of alkyl halides is 6. The number of rotatable bonds is 2. The second kappa shape index (κ2) is 4.14. The van der Waals surface area contributed by atoms with E-state index in [1.165, 1.54) is 0 Å². The number of ketones is 2. The summed E-state index contributed by atoms with van der Waals surface area (Å²) in [7, 11) is 0. The highest BCUT2D eigenvalue weighted by Gasteiger charge is 2.45. The number of carbonyl (C=O) groups excluding carboxylic acids is 2. The van der Waals surface area contributed by atoms with Gasteiger partial charge >= 0.3 is 12.4 Å². The topological polar surface area (TPSA) is 57.2 Å². The van der Waals surface area contributed by atoms with E-state index < -0.39 is 35.3 Å². The summed E-state index contributed by atoms with van der Waals surface area (Å²) >= 11 is 0. The van der Waals surface area contributed by atoms with Crippen molar-refractivity contribution in [1.82, 2.24) is 0 Å². The summed E-state index contributed by atoms with van der Waals surface area (Å²) in [6.07, 6.45) is -11.4. The first-order chi connectivity index (χ1) is 6.89. The van der Waals surface area contributed by atoms with Gasteiger partial charge in [-0.15, -0.1) is 0 Å². The first-order valence-corrected chi connectivity index (χ1v) is 3.50. The quantitative estimate of drug-likeness (QED) is 0.240. The van der Waals surface area contributed by atoms with Gasteiger partial charge in [-0.25, -0.2) is 0 Å². The summed E-state index contributed by atoms with van der Waals surface area (Å²) in [5.41, 5.74) is -2.43. The van der Waals surface area contributed by atoms with E-state index in [0.29, 0.717) is 0 Å². The van der Waals surface area contributed by atoms with Crippen LogP contribution in [0.1, 0.15) is 6.92 Å². The van der Waals surface area contributed by atoms with E-state index in [2.05, 4.69) is 0 Å². The Balaban J connectivity index is 5.71. The number of halogens is 6. The van der Waals surface area contributed by atoms with Crippen molar-refractivity contribution in [3.05, 3.63) is 11.3 Å². The summed E-state index contributed by atoms with van der Waals surface area (Å²) in [5, 5.41) is 10.4. The molecule has 0 saturated heterocycles. The van der Waals surface area contributed by atoms with Crippen molar-refractivity contribution in [2.24, 2.45) is 0 Å². The van der Waals surface area contributed by atoms with Crippen LogP contribution < -0.4 is 5.11 Å². The predicted octanol–water partition coefficient (Wildman–Crippen LogP) is 0.884. The molecule has 0 radical (unpaired) electrons. The highest BCUT2D eigenvalue weighted by molar-refractivity contribution is 6.21. The van der Waals surface area contributed by atoms with Gasteiger partial charge in [-0.3, -0.25) is 9.59 Å². The largest absolute Gasteiger partial charge is 0.869 e. The zero-order valence-corrected chi connectivity index (χ0v) is 7.49. The van der Waals surface area contributed by atoms with Crippen LogP contribution in [0.4, 0.5) is 26.3 Å². The van der Waals surface area contributed by atoms with Crippen molar-refractivity contribution in [1.29, 1.82) is 0 Å². The average Bonchev–Trinajstić information content (AvgIpc) is 1.99. The molecule has 0 aromatic heterocycles. The van der Waals surface area contributed by atoms with Crippen LogP contribution in [0.3, 0.4) is 0 Å². The van der Waals surface area contributed by atoms with Crippen LogP contribution in [-0.2, 0) is 9.59 Å². The van der Waals surface area contributed by atoms with Gasteiger partial charge in [0, 0.05) is 0 Å². The Morgan fingerprint density at radius 3 is 1.50 bits per heavy atom. The minimum Gasteiger partial charge on any atom is -0.869 e. The Hall–Kier alpha value is -1.54. The molecule has 0 amide bonds. The molecule has 92 valence electrons. The van der Waals surface area contributed by atoms with Crippen LogP contribution in [0.25, 0.3) is 0 Å². The van der Waals surface area contributed by atoms with Crippen LogP contribution in [0.5, 0.6) is 0 Å². The normalized spacial score (nSPS) is 14.4. The lowest BCUT2D eigenvalue weighted by atomic mass is 10.1. The molecule has 0 fully saturated rings. The molecule has 0 bridgehead atoms. The molecule has 0 spiro atoms. The first kappa shape index (κ1) is 14.5. The molecule has 16 heavy (non-hydrogen) atoms. The molecule has 0 aliphatic rings. The number of carbonyl (C=O) groups is 2. The van der Waals surface area contributed by atoms with Crippen molar-refractivity contribution < 1.29 is 41.0 Å². The molecular weight excluding hydrogens is 246 g/mol.